The number of benzene rings is 1. The van der Waals surface area contributed by atoms with Crippen molar-refractivity contribution in [3.05, 3.63) is 46.3 Å². The van der Waals surface area contributed by atoms with Crippen LogP contribution < -0.4 is 5.63 Å². The molecule has 1 saturated heterocycles. The first kappa shape index (κ1) is 14.7. The van der Waals surface area contributed by atoms with Crippen LogP contribution in [0.4, 0.5) is 0 Å². The molecule has 0 amide bonds. The zero-order chi connectivity index (χ0) is 15.7. The average Bonchev–Trinajstić information content (AvgIpc) is 2.83. The number of ether oxygens (including phenoxy) is 3. The number of carbonyl (C=O) groups is 1. The van der Waals surface area contributed by atoms with Gasteiger partial charge in [-0.3, -0.25) is 0 Å². The van der Waals surface area contributed by atoms with Crippen molar-refractivity contribution >= 4 is 16.9 Å². The van der Waals surface area contributed by atoms with Gasteiger partial charge in [-0.2, -0.15) is 0 Å². The van der Waals surface area contributed by atoms with Gasteiger partial charge in [0.15, 0.2) is 5.79 Å². The van der Waals surface area contributed by atoms with Gasteiger partial charge in [0.25, 0.3) is 0 Å². The summed E-state index contributed by atoms with van der Waals surface area (Å²) >= 11 is 0. The van der Waals surface area contributed by atoms with Crippen molar-refractivity contribution in [2.24, 2.45) is 0 Å². The number of rotatable bonds is 3. The maximum atomic E-state index is 12.0. The van der Waals surface area contributed by atoms with Crippen molar-refractivity contribution in [2.45, 2.75) is 25.7 Å². The Kier molecular flexibility index (Phi) is 3.72. The molecule has 2 heterocycles. The summed E-state index contributed by atoms with van der Waals surface area (Å²) < 4.78 is 21.2. The van der Waals surface area contributed by atoms with E-state index in [4.69, 9.17) is 18.6 Å². The van der Waals surface area contributed by atoms with E-state index in [1.54, 1.807) is 38.1 Å². The normalized spacial score (nSPS) is 20.2. The molecule has 2 aromatic rings. The van der Waals surface area contributed by atoms with Gasteiger partial charge in [0.1, 0.15) is 23.9 Å². The second-order valence-electron chi connectivity index (χ2n) is 5.53. The van der Waals surface area contributed by atoms with Crippen LogP contribution in [-0.4, -0.2) is 31.1 Å². The third-order valence-electron chi connectivity index (χ3n) is 3.33. The first-order valence-corrected chi connectivity index (χ1v) is 6.96. The van der Waals surface area contributed by atoms with Gasteiger partial charge in [-0.1, -0.05) is 18.2 Å². The van der Waals surface area contributed by atoms with Gasteiger partial charge in [-0.25, -0.2) is 9.59 Å². The molecule has 0 bridgehead atoms. The van der Waals surface area contributed by atoms with Crippen molar-refractivity contribution in [1.29, 1.82) is 0 Å². The van der Waals surface area contributed by atoms with Gasteiger partial charge >= 0.3 is 11.6 Å². The Morgan fingerprint density at radius 3 is 2.86 bits per heavy atom. The van der Waals surface area contributed by atoms with Crippen LogP contribution in [0.3, 0.4) is 0 Å². The van der Waals surface area contributed by atoms with Crippen molar-refractivity contribution in [1.82, 2.24) is 0 Å². The Morgan fingerprint density at radius 2 is 2.14 bits per heavy atom. The highest BCUT2D eigenvalue weighted by Crippen LogP contribution is 2.22. The van der Waals surface area contributed by atoms with Crippen molar-refractivity contribution in [3.8, 4) is 0 Å². The highest BCUT2D eigenvalue weighted by molar-refractivity contribution is 5.92. The Balaban J connectivity index is 1.72. The molecule has 1 aliphatic rings. The van der Waals surface area contributed by atoms with Crippen LogP contribution in [0, 0.1) is 0 Å². The van der Waals surface area contributed by atoms with Crippen LogP contribution in [0.1, 0.15) is 24.2 Å². The Bertz CT molecular complexity index is 761. The molecule has 116 valence electrons. The highest BCUT2D eigenvalue weighted by Gasteiger charge is 2.33. The van der Waals surface area contributed by atoms with Gasteiger partial charge in [-0.05, 0) is 26.0 Å². The van der Waals surface area contributed by atoms with E-state index in [2.05, 4.69) is 0 Å². The van der Waals surface area contributed by atoms with E-state index < -0.39 is 17.4 Å². The summed E-state index contributed by atoms with van der Waals surface area (Å²) in [6.07, 6.45) is -0.341. The number of para-hydroxylation sites is 1. The summed E-state index contributed by atoms with van der Waals surface area (Å²) in [6.45, 7) is 3.93. The molecule has 1 atom stereocenters. The lowest BCUT2D eigenvalue weighted by Gasteiger charge is -2.16. The molecule has 3 rings (SSSR count). The van der Waals surface area contributed by atoms with E-state index in [-0.39, 0.29) is 18.3 Å². The zero-order valence-corrected chi connectivity index (χ0v) is 12.3. The molecule has 1 aromatic heterocycles. The van der Waals surface area contributed by atoms with Crippen LogP contribution >= 0.6 is 0 Å². The minimum Gasteiger partial charge on any atom is -0.459 e. The summed E-state index contributed by atoms with van der Waals surface area (Å²) in [7, 11) is 0. The molecule has 0 radical (unpaired) electrons. The van der Waals surface area contributed by atoms with E-state index in [0.717, 1.165) is 0 Å². The number of hydrogen-bond acceptors (Lipinski definition) is 6. The van der Waals surface area contributed by atoms with Crippen LogP contribution in [0.25, 0.3) is 11.0 Å². The molecule has 0 unspecified atom stereocenters. The van der Waals surface area contributed by atoms with Crippen LogP contribution in [-0.2, 0) is 14.2 Å². The van der Waals surface area contributed by atoms with Gasteiger partial charge in [0.05, 0.1) is 6.61 Å². The fourth-order valence-electron chi connectivity index (χ4n) is 2.30. The maximum absolute atomic E-state index is 12.0. The first-order chi connectivity index (χ1) is 10.4. The fourth-order valence-corrected chi connectivity index (χ4v) is 2.30. The smallest absolute Gasteiger partial charge is 0.351 e. The predicted octanol–water partition coefficient (Wildman–Crippen LogP) is 2.10. The minimum atomic E-state index is -0.729. The van der Waals surface area contributed by atoms with Gasteiger partial charge in [0, 0.05) is 5.39 Å². The summed E-state index contributed by atoms with van der Waals surface area (Å²) in [5.74, 6) is -1.41. The molecule has 22 heavy (non-hydrogen) atoms. The van der Waals surface area contributed by atoms with Crippen molar-refractivity contribution < 1.29 is 23.4 Å². The van der Waals surface area contributed by atoms with E-state index in [9.17, 15) is 9.59 Å². The Labute approximate surface area is 126 Å². The monoisotopic (exact) mass is 304 g/mol. The molecule has 0 saturated carbocycles. The third-order valence-corrected chi connectivity index (χ3v) is 3.33. The molecule has 0 N–H and O–H groups in total. The van der Waals surface area contributed by atoms with E-state index >= 15 is 0 Å². The lowest BCUT2D eigenvalue weighted by atomic mass is 10.2. The van der Waals surface area contributed by atoms with Crippen molar-refractivity contribution in [3.63, 3.8) is 0 Å². The maximum Gasteiger partial charge on any atom is 0.351 e. The van der Waals surface area contributed by atoms with E-state index in [1.165, 1.54) is 6.07 Å². The van der Waals surface area contributed by atoms with E-state index in [0.29, 0.717) is 17.6 Å². The Hall–Kier alpha value is -2.18. The first-order valence-electron chi connectivity index (χ1n) is 6.96. The molecule has 0 aliphatic carbocycles. The van der Waals surface area contributed by atoms with Crippen LogP contribution in [0.5, 0.6) is 0 Å². The number of hydrogen-bond donors (Lipinski definition) is 0. The number of esters is 1. The lowest BCUT2D eigenvalue weighted by Crippen LogP contribution is -2.26. The molecule has 6 nitrogen and oxygen atoms in total. The molecule has 1 fully saturated rings. The molecular weight excluding hydrogens is 288 g/mol. The molecular formula is C16H16O6. The average molecular weight is 304 g/mol. The second-order valence-corrected chi connectivity index (χ2v) is 5.53. The van der Waals surface area contributed by atoms with Crippen molar-refractivity contribution in [2.75, 3.05) is 13.2 Å². The summed E-state index contributed by atoms with van der Waals surface area (Å²) in [5, 5.41) is 0.663. The molecule has 1 aliphatic heterocycles. The lowest BCUT2D eigenvalue weighted by molar-refractivity contribution is -0.142. The second kappa shape index (κ2) is 5.55. The minimum absolute atomic E-state index is 0.0224. The zero-order valence-electron chi connectivity index (χ0n) is 12.3. The largest absolute Gasteiger partial charge is 0.459 e. The fraction of sp³-hybridized carbons (Fsp3) is 0.375. The third kappa shape index (κ3) is 3.03. The SMILES string of the molecule is CC1(C)OC[C@H](COC(=O)c2cc3ccccc3oc2=O)O1. The number of fused-ring (bicyclic) bond motifs is 1. The highest BCUT2D eigenvalue weighted by atomic mass is 16.7. The van der Waals surface area contributed by atoms with Gasteiger partial charge in [-0.15, -0.1) is 0 Å². The molecule has 6 heteroatoms. The summed E-state index contributed by atoms with van der Waals surface area (Å²) in [5.41, 5.74) is -0.414. The topological polar surface area (TPSA) is 75.0 Å². The van der Waals surface area contributed by atoms with Gasteiger partial charge < -0.3 is 18.6 Å². The van der Waals surface area contributed by atoms with Crippen LogP contribution in [0.15, 0.2) is 39.5 Å². The summed E-state index contributed by atoms with van der Waals surface area (Å²) in [4.78, 5) is 23.9. The van der Waals surface area contributed by atoms with E-state index in [1.807, 2.05) is 0 Å². The molecule has 0 spiro atoms. The van der Waals surface area contributed by atoms with Gasteiger partial charge in [0.2, 0.25) is 0 Å². The standard InChI is InChI=1S/C16H16O6/c1-16(2)20-9-11(22-16)8-19-14(17)12-7-10-5-3-4-6-13(10)21-15(12)18/h3-7,11H,8-9H2,1-2H3/t11-/m0/s1. The molecule has 1 aromatic carbocycles. The Morgan fingerprint density at radius 1 is 1.36 bits per heavy atom. The summed E-state index contributed by atoms with van der Waals surface area (Å²) in [6, 6.07) is 8.44. The van der Waals surface area contributed by atoms with Crippen LogP contribution in [0.2, 0.25) is 0 Å². The number of carbonyl (C=O) groups excluding carboxylic acids is 1. The predicted molar refractivity (Wildman–Crippen MR) is 77.7 cm³/mol. The quantitative estimate of drug-likeness (QED) is 0.638.